The van der Waals surface area contributed by atoms with Gasteiger partial charge in [-0.05, 0) is 0 Å². The molecule has 16 atom stereocenters. The lowest BCUT2D eigenvalue weighted by molar-refractivity contribution is -0.379. The van der Waals surface area contributed by atoms with E-state index in [-0.39, 0.29) is 0 Å². The topological polar surface area (TPSA) is 378 Å². The largest absolute Gasteiger partial charge is 0.477 e. The molecule has 49 heavy (non-hydrogen) atoms. The molecule has 0 aromatic heterocycles. The van der Waals surface area contributed by atoms with E-state index in [1.54, 1.807) is 0 Å². The van der Waals surface area contributed by atoms with Crippen molar-refractivity contribution in [3.8, 4) is 0 Å². The quantitative estimate of drug-likeness (QED) is 0.0780. The average molecular weight is 739 g/mol. The zero-order valence-electron chi connectivity index (χ0n) is 25.9. The van der Waals surface area contributed by atoms with Gasteiger partial charge in [0.2, 0.25) is 11.8 Å². The molecule has 0 radical (unpaired) electrons. The number of carbonyl (C=O) groups is 3. The smallest absolute Gasteiger partial charge is 0.364 e. The highest BCUT2D eigenvalue weighted by molar-refractivity contribution is 7.85. The number of aliphatic hydroxyl groups excluding tert-OH is 9. The van der Waals surface area contributed by atoms with Crippen LogP contribution < -0.4 is 10.6 Å². The molecule has 0 aromatic rings. The number of carbonyl (C=O) groups excluding carboxylic acids is 2. The number of aliphatic hydroxyl groups is 9. The summed E-state index contributed by atoms with van der Waals surface area (Å²) in [6.07, 6.45) is -28.1. The second-order valence-electron chi connectivity index (χ2n) is 11.8. The SMILES string of the molecule is CC(=O)N[C@@H]1[C@@H](O)[C@H](O[C@@H]2O[C@H](CS(=O)(=O)O)[C@H](O)[C@H](O[C@]3(C(=O)O)C[C@H](O)[C@@H](NC(C)=O)[C@H]([C@H](O)[C@H](O)CO)O3)[C@H]2O)[C@@H](CO)O[C@H]1O. The first-order valence-corrected chi connectivity index (χ1v) is 16.3. The molecule has 24 heteroatoms. The Bertz CT molecular complexity index is 1280. The summed E-state index contributed by atoms with van der Waals surface area (Å²) in [7, 11) is -5.02. The molecule has 23 nitrogen and oxygen atoms in total. The van der Waals surface area contributed by atoms with Crippen LogP contribution >= 0.6 is 0 Å². The summed E-state index contributed by atoms with van der Waals surface area (Å²) in [5.41, 5.74) is 0. The second kappa shape index (κ2) is 16.4. The first-order chi connectivity index (χ1) is 22.7. The van der Waals surface area contributed by atoms with Gasteiger partial charge in [0.05, 0.1) is 25.4 Å². The lowest BCUT2D eigenvalue weighted by Gasteiger charge is -2.50. The van der Waals surface area contributed by atoms with Gasteiger partial charge in [-0.3, -0.25) is 14.1 Å². The number of hydrogen-bond donors (Lipinski definition) is 13. The highest BCUT2D eigenvalue weighted by Gasteiger charge is 2.60. The monoisotopic (exact) mass is 738 g/mol. The van der Waals surface area contributed by atoms with Gasteiger partial charge < -0.3 is 85.4 Å². The first kappa shape index (κ1) is 41.2. The van der Waals surface area contributed by atoms with Crippen molar-refractivity contribution in [1.29, 1.82) is 0 Å². The highest BCUT2D eigenvalue weighted by Crippen LogP contribution is 2.38. The Labute approximate surface area is 277 Å². The molecule has 0 aliphatic carbocycles. The summed E-state index contributed by atoms with van der Waals surface area (Å²) in [5.74, 6) is -8.26. The van der Waals surface area contributed by atoms with Crippen molar-refractivity contribution < 1.29 is 102 Å². The molecule has 284 valence electrons. The lowest BCUT2D eigenvalue weighted by Crippen LogP contribution is -2.71. The molecule has 0 saturated carbocycles. The van der Waals surface area contributed by atoms with E-state index in [9.17, 15) is 78.4 Å². The van der Waals surface area contributed by atoms with Crippen LogP contribution in [0.15, 0.2) is 0 Å². The zero-order valence-corrected chi connectivity index (χ0v) is 26.7. The van der Waals surface area contributed by atoms with Crippen molar-refractivity contribution >= 4 is 27.9 Å². The minimum atomic E-state index is -5.02. The molecule has 3 aliphatic heterocycles. The average Bonchev–Trinajstić information content (AvgIpc) is 3.00. The summed E-state index contributed by atoms with van der Waals surface area (Å²) in [6.45, 7) is -0.0467. The molecule has 0 unspecified atom stereocenters. The number of hydrogen-bond acceptors (Lipinski definition) is 19. The number of ether oxygens (including phenoxy) is 5. The number of amides is 2. The molecule has 0 aromatic carbocycles. The predicted molar refractivity (Wildman–Crippen MR) is 151 cm³/mol. The third-order valence-electron chi connectivity index (χ3n) is 8.06. The fraction of sp³-hybridized carbons (Fsp3) is 0.880. The summed E-state index contributed by atoms with van der Waals surface area (Å²) in [6, 6.07) is -3.23. The predicted octanol–water partition coefficient (Wildman–Crippen LogP) is -8.18. The van der Waals surface area contributed by atoms with Crippen LogP contribution in [0.2, 0.25) is 0 Å². The summed E-state index contributed by atoms with van der Waals surface area (Å²) >= 11 is 0. The van der Waals surface area contributed by atoms with Crippen LogP contribution in [0.4, 0.5) is 0 Å². The van der Waals surface area contributed by atoms with Gasteiger partial charge in [-0.25, -0.2) is 4.79 Å². The minimum Gasteiger partial charge on any atom is -0.477 e. The Morgan fingerprint density at radius 3 is 2.00 bits per heavy atom. The van der Waals surface area contributed by atoms with E-state index in [0.717, 1.165) is 13.8 Å². The van der Waals surface area contributed by atoms with Crippen molar-refractivity contribution in [1.82, 2.24) is 10.6 Å². The van der Waals surface area contributed by atoms with Crippen LogP contribution in [0.3, 0.4) is 0 Å². The van der Waals surface area contributed by atoms with E-state index in [1.165, 1.54) is 0 Å². The Kier molecular flexibility index (Phi) is 13.8. The normalized spacial score (nSPS) is 41.3. The molecule has 0 bridgehead atoms. The molecule has 3 heterocycles. The number of rotatable bonds is 13. The van der Waals surface area contributed by atoms with Crippen molar-refractivity contribution in [3.05, 3.63) is 0 Å². The summed E-state index contributed by atoms with van der Waals surface area (Å²) in [5, 5.41) is 109. The van der Waals surface area contributed by atoms with Gasteiger partial charge in [0, 0.05) is 20.3 Å². The molecule has 3 rings (SSSR count). The van der Waals surface area contributed by atoms with Gasteiger partial charge in [0.15, 0.2) is 12.6 Å². The Morgan fingerprint density at radius 1 is 0.898 bits per heavy atom. The van der Waals surface area contributed by atoms with E-state index < -0.39 is 151 Å². The fourth-order valence-electron chi connectivity index (χ4n) is 5.76. The van der Waals surface area contributed by atoms with E-state index in [4.69, 9.17) is 23.7 Å². The maximum atomic E-state index is 12.7. The highest BCUT2D eigenvalue weighted by atomic mass is 32.2. The second-order valence-corrected chi connectivity index (χ2v) is 13.3. The van der Waals surface area contributed by atoms with Crippen LogP contribution in [0.1, 0.15) is 20.3 Å². The summed E-state index contributed by atoms with van der Waals surface area (Å²) in [4.78, 5) is 36.1. The number of nitrogens with one attached hydrogen (secondary N) is 2. The number of carboxylic acids is 1. The standard InChI is InChI=1S/C25H42N2O21S/c1-7(30)26-13-9(32)3-25(24(39)40,47-20(13)15(34)10(33)4-28)48-21-16(35)12(6-49(41,42)43)45-23(18(21)37)46-19-11(5-29)44-22(38)14(17(19)36)27-8(2)31/h9-23,28-29,32-38H,3-6H2,1-2H3,(H,26,30)(H,27,31)(H,39,40)(H,41,42,43)/t9-,10+,11+,12+,13+,14+,15+,16-,17+,18+,19+,20+,21-,22+,23-,25-/m0/s1. The number of carboxylic acid groups (broad SMARTS) is 1. The Balaban J connectivity index is 2.04. The zero-order chi connectivity index (χ0) is 37.2. The van der Waals surface area contributed by atoms with Gasteiger partial charge in [0.25, 0.3) is 15.9 Å². The molecule has 13 N–H and O–H groups in total. The lowest BCUT2D eigenvalue weighted by atomic mass is 9.88. The van der Waals surface area contributed by atoms with E-state index in [2.05, 4.69) is 10.6 Å². The van der Waals surface area contributed by atoms with Gasteiger partial charge >= 0.3 is 5.97 Å². The van der Waals surface area contributed by atoms with Crippen molar-refractivity contribution in [2.24, 2.45) is 0 Å². The molecule has 3 saturated heterocycles. The minimum absolute atomic E-state index is 0.754. The van der Waals surface area contributed by atoms with Gasteiger partial charge in [-0.2, -0.15) is 8.42 Å². The van der Waals surface area contributed by atoms with Crippen molar-refractivity contribution in [2.75, 3.05) is 19.0 Å². The van der Waals surface area contributed by atoms with Crippen molar-refractivity contribution in [3.63, 3.8) is 0 Å². The van der Waals surface area contributed by atoms with Gasteiger partial charge in [0.1, 0.15) is 72.8 Å². The van der Waals surface area contributed by atoms with E-state index in [0.29, 0.717) is 0 Å². The van der Waals surface area contributed by atoms with Crippen LogP contribution in [-0.4, -0.2) is 198 Å². The molecule has 3 aliphatic rings. The molecule has 2 amide bonds. The maximum Gasteiger partial charge on any atom is 0.364 e. The Hall–Kier alpha value is -2.24. The fourth-order valence-corrected chi connectivity index (χ4v) is 6.45. The molecular weight excluding hydrogens is 696 g/mol. The molecule has 3 fully saturated rings. The third kappa shape index (κ3) is 9.56. The third-order valence-corrected chi connectivity index (χ3v) is 8.81. The molecular formula is C25H42N2O21S. The summed E-state index contributed by atoms with van der Waals surface area (Å²) < 4.78 is 60.2. The Morgan fingerprint density at radius 2 is 1.49 bits per heavy atom. The molecule has 0 spiro atoms. The van der Waals surface area contributed by atoms with Crippen LogP contribution in [0.5, 0.6) is 0 Å². The van der Waals surface area contributed by atoms with Crippen LogP contribution in [-0.2, 0) is 48.2 Å². The van der Waals surface area contributed by atoms with Crippen molar-refractivity contribution in [2.45, 2.75) is 118 Å². The van der Waals surface area contributed by atoms with Gasteiger partial charge in [-0.15, -0.1) is 0 Å². The van der Waals surface area contributed by atoms with Crippen LogP contribution in [0, 0.1) is 0 Å². The van der Waals surface area contributed by atoms with E-state index in [1.807, 2.05) is 0 Å². The van der Waals surface area contributed by atoms with E-state index >= 15 is 0 Å². The first-order valence-electron chi connectivity index (χ1n) is 14.7. The number of aliphatic carboxylic acids is 1. The van der Waals surface area contributed by atoms with Crippen LogP contribution in [0.25, 0.3) is 0 Å². The van der Waals surface area contributed by atoms with Gasteiger partial charge in [-0.1, -0.05) is 0 Å². The maximum absolute atomic E-state index is 12.7.